The van der Waals surface area contributed by atoms with Crippen molar-refractivity contribution in [3.63, 3.8) is 0 Å². The maximum Gasteiger partial charge on any atom is 0.245 e. The van der Waals surface area contributed by atoms with Crippen molar-refractivity contribution in [2.75, 3.05) is 25.1 Å². The van der Waals surface area contributed by atoms with Gasteiger partial charge in [-0.3, -0.25) is 0 Å². The average Bonchev–Trinajstić information content (AvgIpc) is 2.38. The Bertz CT molecular complexity index is 735. The summed E-state index contributed by atoms with van der Waals surface area (Å²) < 4.78 is 49.5. The Morgan fingerprint density at radius 3 is 2.29 bits per heavy atom. The molecule has 0 atom stereocenters. The number of sulfonamides is 1. The molecule has 0 spiro atoms. The van der Waals surface area contributed by atoms with Crippen LogP contribution < -0.4 is 5.73 Å². The molecule has 7 nitrogen and oxygen atoms in total. The standard InChI is InChI=1S/C12H18N2O5S2/c1-20(16,17)10-2-3-11(13)12(8-10)21(18,19)14-6-4-9(15)5-7-14/h2-3,8-9,15H,4-7,13H2,1H3. The number of hydrogen-bond acceptors (Lipinski definition) is 6. The van der Waals surface area contributed by atoms with Crippen molar-refractivity contribution in [1.29, 1.82) is 0 Å². The fourth-order valence-electron chi connectivity index (χ4n) is 2.19. The normalized spacial score (nSPS) is 18.8. The van der Waals surface area contributed by atoms with Crippen LogP contribution in [0.25, 0.3) is 0 Å². The van der Waals surface area contributed by atoms with E-state index in [1.165, 1.54) is 16.4 Å². The van der Waals surface area contributed by atoms with E-state index in [-0.39, 0.29) is 28.6 Å². The number of rotatable bonds is 3. The predicted molar refractivity (Wildman–Crippen MR) is 78.0 cm³/mol. The average molecular weight is 334 g/mol. The molecule has 0 unspecified atom stereocenters. The first kappa shape index (κ1) is 16.2. The minimum absolute atomic E-state index is 0.00789. The summed E-state index contributed by atoms with van der Waals surface area (Å²) in [5, 5.41) is 9.44. The molecule has 1 aromatic rings. The van der Waals surface area contributed by atoms with Crippen LogP contribution in [0.2, 0.25) is 0 Å². The second kappa shape index (κ2) is 5.56. The van der Waals surface area contributed by atoms with Crippen molar-refractivity contribution in [1.82, 2.24) is 4.31 Å². The highest BCUT2D eigenvalue weighted by Gasteiger charge is 2.30. The Kier molecular flexibility index (Phi) is 4.29. The van der Waals surface area contributed by atoms with Gasteiger partial charge < -0.3 is 10.8 Å². The van der Waals surface area contributed by atoms with Gasteiger partial charge in [-0.05, 0) is 31.0 Å². The number of aliphatic hydroxyl groups excluding tert-OH is 1. The molecule has 118 valence electrons. The number of nitrogens with two attached hydrogens (primary N) is 1. The lowest BCUT2D eigenvalue weighted by Gasteiger charge is -2.29. The molecule has 0 amide bonds. The molecule has 0 radical (unpaired) electrons. The van der Waals surface area contributed by atoms with E-state index in [2.05, 4.69) is 0 Å². The molecule has 9 heteroatoms. The zero-order valence-electron chi connectivity index (χ0n) is 11.6. The smallest absolute Gasteiger partial charge is 0.245 e. The number of nitrogens with zero attached hydrogens (tertiary/aromatic N) is 1. The van der Waals surface area contributed by atoms with Crippen molar-refractivity contribution in [3.05, 3.63) is 18.2 Å². The van der Waals surface area contributed by atoms with Gasteiger partial charge >= 0.3 is 0 Å². The van der Waals surface area contributed by atoms with Crippen LogP contribution in [0, 0.1) is 0 Å². The lowest BCUT2D eigenvalue weighted by Crippen LogP contribution is -2.40. The molecule has 1 aliphatic rings. The predicted octanol–water partition coefficient (Wildman–Crippen LogP) is -0.182. The topological polar surface area (TPSA) is 118 Å². The second-order valence-electron chi connectivity index (χ2n) is 5.11. The molecule has 0 aromatic heterocycles. The van der Waals surface area contributed by atoms with Crippen LogP contribution in [-0.4, -0.2) is 51.7 Å². The molecular formula is C12H18N2O5S2. The monoisotopic (exact) mass is 334 g/mol. The molecule has 0 aliphatic carbocycles. The highest BCUT2D eigenvalue weighted by Crippen LogP contribution is 2.27. The summed E-state index contributed by atoms with van der Waals surface area (Å²) >= 11 is 0. The van der Waals surface area contributed by atoms with Crippen LogP contribution in [0.3, 0.4) is 0 Å². The minimum Gasteiger partial charge on any atom is -0.398 e. The van der Waals surface area contributed by atoms with Crippen LogP contribution in [0.1, 0.15) is 12.8 Å². The second-order valence-corrected chi connectivity index (χ2v) is 9.03. The minimum atomic E-state index is -3.87. The molecular weight excluding hydrogens is 316 g/mol. The van der Waals surface area contributed by atoms with Crippen molar-refractivity contribution in [2.45, 2.75) is 28.7 Å². The number of nitrogen functional groups attached to an aromatic ring is 1. The number of anilines is 1. The van der Waals surface area contributed by atoms with E-state index in [1.54, 1.807) is 0 Å². The molecule has 2 rings (SSSR count). The van der Waals surface area contributed by atoms with Gasteiger partial charge in [0.05, 0.1) is 16.7 Å². The summed E-state index contributed by atoms with van der Waals surface area (Å²) in [6.45, 7) is 0.373. The van der Waals surface area contributed by atoms with E-state index in [0.717, 1.165) is 12.3 Å². The molecule has 21 heavy (non-hydrogen) atoms. The Hall–Kier alpha value is -1.16. The number of hydrogen-bond donors (Lipinski definition) is 2. The molecule has 1 saturated heterocycles. The summed E-state index contributed by atoms with van der Waals surface area (Å²) in [7, 11) is -7.39. The number of aliphatic hydroxyl groups is 1. The lowest BCUT2D eigenvalue weighted by molar-refractivity contribution is 0.113. The Morgan fingerprint density at radius 1 is 1.19 bits per heavy atom. The van der Waals surface area contributed by atoms with Crippen molar-refractivity contribution >= 4 is 25.5 Å². The fourth-order valence-corrected chi connectivity index (χ4v) is 4.52. The highest BCUT2D eigenvalue weighted by atomic mass is 32.2. The van der Waals surface area contributed by atoms with Gasteiger partial charge in [-0.25, -0.2) is 16.8 Å². The third kappa shape index (κ3) is 3.37. The summed E-state index contributed by atoms with van der Waals surface area (Å²) in [5.41, 5.74) is 5.71. The van der Waals surface area contributed by atoms with E-state index in [0.29, 0.717) is 12.8 Å². The third-order valence-electron chi connectivity index (χ3n) is 3.45. The Balaban J connectivity index is 2.45. The first-order chi connectivity index (χ1) is 9.62. The van der Waals surface area contributed by atoms with Crippen LogP contribution >= 0.6 is 0 Å². The van der Waals surface area contributed by atoms with Gasteiger partial charge in [-0.1, -0.05) is 0 Å². The number of sulfone groups is 1. The van der Waals surface area contributed by atoms with Crippen molar-refractivity contribution in [2.24, 2.45) is 0 Å². The van der Waals surface area contributed by atoms with Gasteiger partial charge in [0.15, 0.2) is 9.84 Å². The molecule has 0 saturated carbocycles. The maximum absolute atomic E-state index is 12.6. The first-order valence-electron chi connectivity index (χ1n) is 6.40. The highest BCUT2D eigenvalue weighted by molar-refractivity contribution is 7.91. The molecule has 1 heterocycles. The van der Waals surface area contributed by atoms with Crippen LogP contribution in [-0.2, 0) is 19.9 Å². The van der Waals surface area contributed by atoms with Gasteiger partial charge in [-0.2, -0.15) is 4.31 Å². The van der Waals surface area contributed by atoms with Crippen LogP contribution in [0.4, 0.5) is 5.69 Å². The van der Waals surface area contributed by atoms with E-state index in [4.69, 9.17) is 5.73 Å². The third-order valence-corrected chi connectivity index (χ3v) is 6.52. The van der Waals surface area contributed by atoms with Gasteiger partial charge in [0, 0.05) is 19.3 Å². The maximum atomic E-state index is 12.6. The van der Waals surface area contributed by atoms with E-state index >= 15 is 0 Å². The van der Waals surface area contributed by atoms with Crippen molar-refractivity contribution in [3.8, 4) is 0 Å². The number of benzene rings is 1. The van der Waals surface area contributed by atoms with E-state index in [1.807, 2.05) is 0 Å². The van der Waals surface area contributed by atoms with Gasteiger partial charge in [0.25, 0.3) is 0 Å². The summed E-state index contributed by atoms with van der Waals surface area (Å²) in [5.74, 6) is 0. The fraction of sp³-hybridized carbons (Fsp3) is 0.500. The zero-order valence-corrected chi connectivity index (χ0v) is 13.2. The SMILES string of the molecule is CS(=O)(=O)c1ccc(N)c(S(=O)(=O)N2CCC(O)CC2)c1. The van der Waals surface area contributed by atoms with Crippen LogP contribution in [0.5, 0.6) is 0 Å². The summed E-state index contributed by atoms with van der Waals surface area (Å²) in [6.07, 6.45) is 1.21. The van der Waals surface area contributed by atoms with Gasteiger partial charge in [-0.15, -0.1) is 0 Å². The van der Waals surface area contributed by atoms with Crippen LogP contribution in [0.15, 0.2) is 28.0 Å². The van der Waals surface area contributed by atoms with Crippen molar-refractivity contribution < 1.29 is 21.9 Å². The summed E-state index contributed by atoms with van der Waals surface area (Å²) in [6, 6.07) is 3.65. The van der Waals surface area contributed by atoms with E-state index in [9.17, 15) is 21.9 Å². The Labute approximate surface area is 124 Å². The molecule has 1 fully saturated rings. The zero-order chi connectivity index (χ0) is 15.8. The van der Waals surface area contributed by atoms with E-state index < -0.39 is 26.0 Å². The number of piperidine rings is 1. The quantitative estimate of drug-likeness (QED) is 0.740. The summed E-state index contributed by atoms with van der Waals surface area (Å²) in [4.78, 5) is -0.297. The molecule has 1 aliphatic heterocycles. The largest absolute Gasteiger partial charge is 0.398 e. The van der Waals surface area contributed by atoms with Gasteiger partial charge in [0.1, 0.15) is 4.90 Å². The van der Waals surface area contributed by atoms with Gasteiger partial charge in [0.2, 0.25) is 10.0 Å². The first-order valence-corrected chi connectivity index (χ1v) is 9.73. The molecule has 1 aromatic carbocycles. The molecule has 0 bridgehead atoms. The Morgan fingerprint density at radius 2 is 1.76 bits per heavy atom. The lowest BCUT2D eigenvalue weighted by atomic mass is 10.1. The molecule has 3 N–H and O–H groups in total.